The molecule has 0 aromatic heterocycles. The third-order valence-electron chi connectivity index (χ3n) is 3.53. The van der Waals surface area contributed by atoms with E-state index in [4.69, 9.17) is 4.74 Å². The Bertz CT molecular complexity index is 861. The summed E-state index contributed by atoms with van der Waals surface area (Å²) < 4.78 is 31.7. The average molecular weight is 391 g/mol. The molecule has 3 amide bonds. The maximum Gasteiger partial charge on any atom is 0.279 e. The van der Waals surface area contributed by atoms with Gasteiger partial charge in [-0.2, -0.15) is 0 Å². The summed E-state index contributed by atoms with van der Waals surface area (Å²) in [6.45, 7) is 0.992. The number of carbonyl (C=O) groups is 3. The molecule has 0 saturated heterocycles. The lowest BCUT2D eigenvalue weighted by Gasteiger charge is -2.15. The highest BCUT2D eigenvalue weighted by atomic mass is 19.1. The van der Waals surface area contributed by atoms with Gasteiger partial charge in [0.15, 0.2) is 17.7 Å². The van der Waals surface area contributed by atoms with Crippen LogP contribution in [0.25, 0.3) is 0 Å². The van der Waals surface area contributed by atoms with Crippen molar-refractivity contribution in [1.29, 1.82) is 0 Å². The Morgan fingerprint density at radius 3 is 2.46 bits per heavy atom. The van der Waals surface area contributed by atoms with Crippen LogP contribution in [0.4, 0.5) is 8.78 Å². The van der Waals surface area contributed by atoms with Crippen LogP contribution in [0.1, 0.15) is 12.5 Å². The molecular formula is C19H19F2N3O4. The van der Waals surface area contributed by atoms with E-state index < -0.39 is 42.0 Å². The summed E-state index contributed by atoms with van der Waals surface area (Å²) in [5, 5.41) is 2.35. The van der Waals surface area contributed by atoms with Crippen LogP contribution in [0.5, 0.6) is 5.75 Å². The van der Waals surface area contributed by atoms with E-state index >= 15 is 0 Å². The molecule has 2 rings (SSSR count). The number of hydrogen-bond donors (Lipinski definition) is 3. The minimum absolute atomic E-state index is 0.0923. The Morgan fingerprint density at radius 2 is 1.75 bits per heavy atom. The first kappa shape index (κ1) is 20.8. The number of para-hydroxylation sites is 1. The molecule has 3 N–H and O–H groups in total. The number of ether oxygens (including phenoxy) is 1. The van der Waals surface area contributed by atoms with Crippen molar-refractivity contribution in [2.45, 2.75) is 19.4 Å². The molecule has 0 aliphatic heterocycles. The summed E-state index contributed by atoms with van der Waals surface area (Å²) in [4.78, 5) is 35.3. The number of halogens is 2. The van der Waals surface area contributed by atoms with E-state index in [2.05, 4.69) is 16.2 Å². The van der Waals surface area contributed by atoms with Gasteiger partial charge >= 0.3 is 0 Å². The van der Waals surface area contributed by atoms with Crippen molar-refractivity contribution < 1.29 is 27.9 Å². The molecule has 0 heterocycles. The third-order valence-corrected chi connectivity index (χ3v) is 3.53. The lowest BCUT2D eigenvalue weighted by Crippen LogP contribution is -2.50. The summed E-state index contributed by atoms with van der Waals surface area (Å²) in [6.07, 6.45) is -1.16. The van der Waals surface area contributed by atoms with Crippen LogP contribution in [-0.2, 0) is 20.8 Å². The fourth-order valence-corrected chi connectivity index (χ4v) is 2.14. The van der Waals surface area contributed by atoms with Gasteiger partial charge in [0.05, 0.1) is 13.0 Å². The monoisotopic (exact) mass is 391 g/mol. The zero-order valence-corrected chi connectivity index (χ0v) is 15.0. The van der Waals surface area contributed by atoms with Crippen molar-refractivity contribution in [2.24, 2.45) is 0 Å². The maximum atomic E-state index is 13.5. The number of rotatable bonds is 7. The van der Waals surface area contributed by atoms with Crippen molar-refractivity contribution in [3.05, 3.63) is 65.7 Å². The lowest BCUT2D eigenvalue weighted by molar-refractivity contribution is -0.133. The summed E-state index contributed by atoms with van der Waals surface area (Å²) in [7, 11) is 0. The Hall–Kier alpha value is -3.49. The fraction of sp³-hybridized carbons (Fsp3) is 0.211. The molecule has 0 aliphatic rings. The smallest absolute Gasteiger partial charge is 0.279 e. The highest BCUT2D eigenvalue weighted by Crippen LogP contribution is 2.16. The van der Waals surface area contributed by atoms with Crippen molar-refractivity contribution in [2.75, 3.05) is 6.54 Å². The van der Waals surface area contributed by atoms with E-state index in [0.717, 1.165) is 0 Å². The van der Waals surface area contributed by atoms with Crippen molar-refractivity contribution in [1.82, 2.24) is 16.2 Å². The number of benzene rings is 2. The van der Waals surface area contributed by atoms with Gasteiger partial charge in [-0.1, -0.05) is 24.3 Å². The van der Waals surface area contributed by atoms with Gasteiger partial charge in [-0.15, -0.1) is 0 Å². The summed E-state index contributed by atoms with van der Waals surface area (Å²) >= 11 is 0. The van der Waals surface area contributed by atoms with Crippen LogP contribution >= 0.6 is 0 Å². The molecule has 1 atom stereocenters. The van der Waals surface area contributed by atoms with Crippen LogP contribution in [0.3, 0.4) is 0 Å². The summed E-state index contributed by atoms with van der Waals surface area (Å²) in [5.74, 6) is -3.05. The number of amides is 3. The molecular weight excluding hydrogens is 372 g/mol. The Balaban J connectivity index is 1.70. The second-order valence-corrected chi connectivity index (χ2v) is 5.81. The minimum atomic E-state index is -1.07. The van der Waals surface area contributed by atoms with E-state index in [-0.39, 0.29) is 12.2 Å². The fourth-order valence-electron chi connectivity index (χ4n) is 2.14. The third kappa shape index (κ3) is 6.67. The Morgan fingerprint density at radius 1 is 1.00 bits per heavy atom. The summed E-state index contributed by atoms with van der Waals surface area (Å²) in [6, 6.07) is 11.1. The quantitative estimate of drug-likeness (QED) is 0.619. The number of carbonyl (C=O) groups excluding carboxylic acids is 3. The molecule has 2 aromatic carbocycles. The van der Waals surface area contributed by atoms with Gasteiger partial charge in [-0.25, -0.2) is 8.78 Å². The first-order chi connectivity index (χ1) is 13.3. The van der Waals surface area contributed by atoms with E-state index in [1.54, 1.807) is 12.1 Å². The first-order valence-corrected chi connectivity index (χ1v) is 8.36. The second-order valence-electron chi connectivity index (χ2n) is 5.81. The molecule has 0 bridgehead atoms. The van der Waals surface area contributed by atoms with Gasteiger partial charge in [0, 0.05) is 0 Å². The van der Waals surface area contributed by atoms with Crippen LogP contribution in [0, 0.1) is 11.6 Å². The van der Waals surface area contributed by atoms with Gasteiger partial charge in [0.1, 0.15) is 5.82 Å². The average Bonchev–Trinajstić information content (AvgIpc) is 2.66. The zero-order valence-electron chi connectivity index (χ0n) is 15.0. The lowest BCUT2D eigenvalue weighted by atomic mass is 10.1. The zero-order chi connectivity index (χ0) is 20.5. The molecule has 9 heteroatoms. The maximum absolute atomic E-state index is 13.5. The molecule has 0 aliphatic carbocycles. The molecule has 7 nitrogen and oxygen atoms in total. The second kappa shape index (κ2) is 10.0. The molecule has 0 spiro atoms. The highest BCUT2D eigenvalue weighted by molar-refractivity contribution is 5.88. The van der Waals surface area contributed by atoms with Crippen molar-refractivity contribution in [3.63, 3.8) is 0 Å². The van der Waals surface area contributed by atoms with Gasteiger partial charge in [-0.3, -0.25) is 25.2 Å². The number of hydrogen-bond acceptors (Lipinski definition) is 4. The molecule has 28 heavy (non-hydrogen) atoms. The predicted octanol–water partition coefficient (Wildman–Crippen LogP) is 1.24. The molecule has 0 fully saturated rings. The molecule has 0 unspecified atom stereocenters. The van der Waals surface area contributed by atoms with Gasteiger partial charge in [0.2, 0.25) is 5.91 Å². The molecule has 148 valence electrons. The predicted molar refractivity (Wildman–Crippen MR) is 95.9 cm³/mol. The van der Waals surface area contributed by atoms with Crippen LogP contribution in [0.15, 0.2) is 48.5 Å². The SMILES string of the molecule is C[C@H](Oc1ccccc1F)C(=O)NNC(=O)CNC(=O)Cc1cccc(F)c1. The number of hydrazine groups is 1. The van der Waals surface area contributed by atoms with Gasteiger partial charge < -0.3 is 10.1 Å². The Labute approximate surface area is 160 Å². The van der Waals surface area contributed by atoms with Crippen molar-refractivity contribution in [3.8, 4) is 5.75 Å². The normalized spacial score (nSPS) is 11.2. The van der Waals surface area contributed by atoms with E-state index in [1.807, 2.05) is 0 Å². The first-order valence-electron chi connectivity index (χ1n) is 8.36. The molecule has 0 saturated carbocycles. The van der Waals surface area contributed by atoms with Crippen LogP contribution in [0.2, 0.25) is 0 Å². The van der Waals surface area contributed by atoms with Crippen LogP contribution in [-0.4, -0.2) is 30.4 Å². The Kier molecular flexibility index (Phi) is 7.44. The molecule has 0 radical (unpaired) electrons. The number of nitrogens with one attached hydrogen (secondary N) is 3. The van der Waals surface area contributed by atoms with Gasteiger partial charge in [-0.05, 0) is 36.8 Å². The standard InChI is InChI=1S/C19H19F2N3O4/c1-12(28-16-8-3-2-7-15(16)21)19(27)24-23-18(26)11-22-17(25)10-13-5-4-6-14(20)9-13/h2-9,12H,10-11H2,1H3,(H,22,25)(H,23,26)(H,24,27)/t12-/m0/s1. The van der Waals surface area contributed by atoms with E-state index in [9.17, 15) is 23.2 Å². The molecule has 2 aromatic rings. The van der Waals surface area contributed by atoms with E-state index in [1.165, 1.54) is 43.3 Å². The van der Waals surface area contributed by atoms with Crippen LogP contribution < -0.4 is 20.9 Å². The topological polar surface area (TPSA) is 96.5 Å². The highest BCUT2D eigenvalue weighted by Gasteiger charge is 2.17. The van der Waals surface area contributed by atoms with Crippen molar-refractivity contribution >= 4 is 17.7 Å². The van der Waals surface area contributed by atoms with Gasteiger partial charge in [0.25, 0.3) is 11.8 Å². The summed E-state index contributed by atoms with van der Waals surface area (Å²) in [5.41, 5.74) is 4.68. The largest absolute Gasteiger partial charge is 0.478 e. The minimum Gasteiger partial charge on any atom is -0.478 e. The van der Waals surface area contributed by atoms with E-state index in [0.29, 0.717) is 5.56 Å².